The van der Waals surface area contributed by atoms with Gasteiger partial charge in [0.1, 0.15) is 0 Å². The Kier molecular flexibility index (Phi) is 3.43. The van der Waals surface area contributed by atoms with Gasteiger partial charge in [0.05, 0.1) is 0 Å². The van der Waals surface area contributed by atoms with E-state index in [1.54, 1.807) is 0 Å². The second-order valence-electron chi connectivity index (χ2n) is 3.95. The molecule has 0 aromatic heterocycles. The van der Waals surface area contributed by atoms with E-state index >= 15 is 0 Å². The lowest BCUT2D eigenvalue weighted by atomic mass is 9.96. The van der Waals surface area contributed by atoms with Gasteiger partial charge in [-0.05, 0) is 36.5 Å². The second kappa shape index (κ2) is 4.19. The molecule has 0 spiro atoms. The molecule has 0 bridgehead atoms. The standard InChI is InChI=1S/C12H18S/c1-8(2)11-6-5-9(3)12(7-11)10(4)13/h5-8,10,13H,1-4H3. The number of hydrogen-bond donors (Lipinski definition) is 1. The van der Waals surface area contributed by atoms with Crippen LogP contribution < -0.4 is 0 Å². The molecule has 0 radical (unpaired) electrons. The summed E-state index contributed by atoms with van der Waals surface area (Å²) < 4.78 is 0. The Morgan fingerprint density at radius 2 is 1.77 bits per heavy atom. The Labute approximate surface area is 86.8 Å². The van der Waals surface area contributed by atoms with Gasteiger partial charge in [0.25, 0.3) is 0 Å². The minimum Gasteiger partial charge on any atom is -0.171 e. The molecule has 1 heteroatoms. The van der Waals surface area contributed by atoms with Crippen LogP contribution in [0.15, 0.2) is 18.2 Å². The van der Waals surface area contributed by atoms with E-state index < -0.39 is 0 Å². The molecule has 0 aliphatic heterocycles. The fourth-order valence-electron chi connectivity index (χ4n) is 1.47. The van der Waals surface area contributed by atoms with Crippen molar-refractivity contribution < 1.29 is 0 Å². The maximum atomic E-state index is 4.47. The van der Waals surface area contributed by atoms with Crippen molar-refractivity contribution in [1.82, 2.24) is 0 Å². The lowest BCUT2D eigenvalue weighted by Crippen LogP contribution is -1.94. The van der Waals surface area contributed by atoms with Gasteiger partial charge >= 0.3 is 0 Å². The van der Waals surface area contributed by atoms with Crippen LogP contribution in [0.1, 0.15) is 48.6 Å². The Morgan fingerprint density at radius 3 is 2.23 bits per heavy atom. The van der Waals surface area contributed by atoms with Crippen molar-refractivity contribution in [3.05, 3.63) is 34.9 Å². The lowest BCUT2D eigenvalue weighted by molar-refractivity contribution is 0.860. The minimum atomic E-state index is 0.332. The van der Waals surface area contributed by atoms with E-state index in [1.807, 2.05) is 0 Å². The number of thiol groups is 1. The molecule has 0 saturated heterocycles. The van der Waals surface area contributed by atoms with Crippen molar-refractivity contribution >= 4 is 12.6 Å². The molecular weight excluding hydrogens is 176 g/mol. The van der Waals surface area contributed by atoms with Gasteiger partial charge in [0.2, 0.25) is 0 Å². The molecule has 1 atom stereocenters. The fourth-order valence-corrected chi connectivity index (χ4v) is 1.75. The summed E-state index contributed by atoms with van der Waals surface area (Å²) in [5.41, 5.74) is 4.10. The van der Waals surface area contributed by atoms with E-state index in [9.17, 15) is 0 Å². The highest BCUT2D eigenvalue weighted by molar-refractivity contribution is 7.80. The summed E-state index contributed by atoms with van der Waals surface area (Å²) in [6.45, 7) is 8.71. The molecule has 0 N–H and O–H groups in total. The predicted octanol–water partition coefficient (Wildman–Crippen LogP) is 4.11. The molecule has 1 rings (SSSR count). The van der Waals surface area contributed by atoms with Crippen LogP contribution in [-0.2, 0) is 0 Å². The predicted molar refractivity (Wildman–Crippen MR) is 62.7 cm³/mol. The first-order valence-electron chi connectivity index (χ1n) is 4.81. The van der Waals surface area contributed by atoms with Crippen LogP contribution in [-0.4, -0.2) is 0 Å². The third-order valence-corrected chi connectivity index (χ3v) is 2.70. The molecule has 1 unspecified atom stereocenters. The smallest absolute Gasteiger partial charge is 0.0241 e. The van der Waals surface area contributed by atoms with E-state index in [0.717, 1.165) is 0 Å². The van der Waals surface area contributed by atoms with Crippen LogP contribution in [0.2, 0.25) is 0 Å². The molecule has 1 aromatic carbocycles. The van der Waals surface area contributed by atoms with Gasteiger partial charge in [-0.15, -0.1) is 0 Å². The van der Waals surface area contributed by atoms with Gasteiger partial charge < -0.3 is 0 Å². The van der Waals surface area contributed by atoms with Gasteiger partial charge in [0.15, 0.2) is 0 Å². The van der Waals surface area contributed by atoms with Crippen LogP contribution in [0.25, 0.3) is 0 Å². The Bertz CT molecular complexity index is 287. The molecule has 0 heterocycles. The molecule has 0 aliphatic carbocycles. The topological polar surface area (TPSA) is 0 Å². The summed E-state index contributed by atoms with van der Waals surface area (Å²) in [7, 11) is 0. The zero-order valence-electron chi connectivity index (χ0n) is 8.83. The van der Waals surface area contributed by atoms with Crippen molar-refractivity contribution in [2.45, 2.75) is 38.9 Å². The van der Waals surface area contributed by atoms with Crippen molar-refractivity contribution in [1.29, 1.82) is 0 Å². The van der Waals surface area contributed by atoms with Gasteiger partial charge in [-0.2, -0.15) is 12.6 Å². The first kappa shape index (κ1) is 10.6. The first-order valence-corrected chi connectivity index (χ1v) is 5.32. The highest BCUT2D eigenvalue weighted by Gasteiger charge is 2.06. The van der Waals surface area contributed by atoms with Gasteiger partial charge in [-0.3, -0.25) is 0 Å². The van der Waals surface area contributed by atoms with Crippen LogP contribution in [0.3, 0.4) is 0 Å². The maximum Gasteiger partial charge on any atom is 0.0241 e. The largest absolute Gasteiger partial charge is 0.171 e. The minimum absolute atomic E-state index is 0.332. The summed E-state index contributed by atoms with van der Waals surface area (Å²) >= 11 is 4.47. The summed E-state index contributed by atoms with van der Waals surface area (Å²) in [5.74, 6) is 0.603. The Morgan fingerprint density at radius 1 is 1.15 bits per heavy atom. The van der Waals surface area contributed by atoms with Crippen molar-refractivity contribution in [2.24, 2.45) is 0 Å². The highest BCUT2D eigenvalue weighted by Crippen LogP contribution is 2.26. The lowest BCUT2D eigenvalue weighted by Gasteiger charge is -2.13. The van der Waals surface area contributed by atoms with Crippen molar-refractivity contribution in [2.75, 3.05) is 0 Å². The number of rotatable bonds is 2. The van der Waals surface area contributed by atoms with E-state index in [-0.39, 0.29) is 0 Å². The summed E-state index contributed by atoms with van der Waals surface area (Å²) in [6, 6.07) is 6.68. The monoisotopic (exact) mass is 194 g/mol. The third-order valence-electron chi connectivity index (χ3n) is 2.42. The van der Waals surface area contributed by atoms with Gasteiger partial charge in [-0.25, -0.2) is 0 Å². The Hall–Kier alpha value is -0.430. The van der Waals surface area contributed by atoms with Crippen LogP contribution in [0, 0.1) is 6.92 Å². The number of benzene rings is 1. The molecule has 0 aliphatic rings. The van der Waals surface area contributed by atoms with Gasteiger partial charge in [-0.1, -0.05) is 32.0 Å². The Balaban J connectivity index is 3.11. The van der Waals surface area contributed by atoms with E-state index in [2.05, 4.69) is 58.5 Å². The van der Waals surface area contributed by atoms with E-state index in [1.165, 1.54) is 16.7 Å². The maximum absolute atomic E-state index is 4.47. The molecule has 0 nitrogen and oxygen atoms in total. The highest BCUT2D eigenvalue weighted by atomic mass is 32.1. The first-order chi connectivity index (χ1) is 6.02. The normalized spacial score (nSPS) is 13.4. The molecule has 1 aromatic rings. The van der Waals surface area contributed by atoms with E-state index in [4.69, 9.17) is 0 Å². The summed E-state index contributed by atoms with van der Waals surface area (Å²) in [5, 5.41) is 0.332. The molecule has 13 heavy (non-hydrogen) atoms. The third kappa shape index (κ3) is 2.50. The van der Waals surface area contributed by atoms with Crippen molar-refractivity contribution in [3.63, 3.8) is 0 Å². The molecule has 72 valence electrons. The van der Waals surface area contributed by atoms with Crippen molar-refractivity contribution in [3.8, 4) is 0 Å². The van der Waals surface area contributed by atoms with Crippen LogP contribution in [0.4, 0.5) is 0 Å². The fraction of sp³-hybridized carbons (Fsp3) is 0.500. The second-order valence-corrected chi connectivity index (χ2v) is 4.72. The van der Waals surface area contributed by atoms with E-state index in [0.29, 0.717) is 11.2 Å². The van der Waals surface area contributed by atoms with Crippen LogP contribution >= 0.6 is 12.6 Å². The SMILES string of the molecule is Cc1ccc(C(C)C)cc1C(C)S. The summed E-state index contributed by atoms with van der Waals surface area (Å²) in [4.78, 5) is 0. The summed E-state index contributed by atoms with van der Waals surface area (Å²) in [6.07, 6.45) is 0. The molecule has 0 fully saturated rings. The average Bonchev–Trinajstić information content (AvgIpc) is 2.04. The average molecular weight is 194 g/mol. The van der Waals surface area contributed by atoms with Gasteiger partial charge in [0, 0.05) is 5.25 Å². The number of hydrogen-bond acceptors (Lipinski definition) is 1. The quantitative estimate of drug-likeness (QED) is 0.673. The van der Waals surface area contributed by atoms with Crippen LogP contribution in [0.5, 0.6) is 0 Å². The molecular formula is C12H18S. The zero-order valence-corrected chi connectivity index (χ0v) is 9.73. The number of aryl methyl sites for hydroxylation is 1. The zero-order chi connectivity index (χ0) is 10.0. The molecule has 0 saturated carbocycles. The molecule has 0 amide bonds.